The fourth-order valence-electron chi connectivity index (χ4n) is 2.29. The fourth-order valence-corrected chi connectivity index (χ4v) is 3.34. The molecule has 2 aromatic rings. The normalized spacial score (nSPS) is 11.1. The van der Waals surface area contributed by atoms with Gasteiger partial charge in [0, 0.05) is 0 Å². The van der Waals surface area contributed by atoms with E-state index in [1.807, 2.05) is 6.92 Å². The molecule has 9 heteroatoms. The molecule has 0 aliphatic carbocycles. The van der Waals surface area contributed by atoms with Crippen molar-refractivity contribution in [1.29, 1.82) is 0 Å². The Hall–Kier alpha value is -2.78. The van der Waals surface area contributed by atoms with Gasteiger partial charge in [-0.3, -0.25) is 9.59 Å². The Morgan fingerprint density at radius 3 is 2.43 bits per heavy atom. The lowest BCUT2D eigenvalue weighted by atomic mass is 10.1. The predicted octanol–water partition coefficient (Wildman–Crippen LogP) is 2.16. The first kappa shape index (κ1) is 21.5. The van der Waals surface area contributed by atoms with Crippen LogP contribution in [-0.4, -0.2) is 40.4 Å². The molecule has 1 N–H and O–H groups in total. The maximum absolute atomic E-state index is 13.3. The van der Waals surface area contributed by atoms with E-state index in [1.54, 1.807) is 13.0 Å². The molecule has 2 rings (SSSR count). The Balaban J connectivity index is 1.94. The number of carbonyl (C=O) groups excluding carboxylic acids is 2. The topological polar surface area (TPSA) is 98.8 Å². The molecular formula is C19H20FNO6S. The molecule has 150 valence electrons. The van der Waals surface area contributed by atoms with Gasteiger partial charge < -0.3 is 9.47 Å². The summed E-state index contributed by atoms with van der Waals surface area (Å²) < 4.78 is 49.7. The number of Topliss-reactive ketones (excluding diaryl/α,β-unsaturated/α-hetero) is 1. The van der Waals surface area contributed by atoms with E-state index in [0.29, 0.717) is 0 Å². The number of carbonyl (C=O) groups is 2. The van der Waals surface area contributed by atoms with Crippen molar-refractivity contribution in [1.82, 2.24) is 4.72 Å². The minimum atomic E-state index is -3.91. The number of rotatable bonds is 8. The van der Waals surface area contributed by atoms with Gasteiger partial charge in [-0.25, -0.2) is 12.8 Å². The Bertz CT molecular complexity index is 1000. The van der Waals surface area contributed by atoms with Gasteiger partial charge in [0.05, 0.1) is 17.6 Å². The van der Waals surface area contributed by atoms with Gasteiger partial charge in [0.25, 0.3) is 0 Å². The number of aryl methyl sites for hydroxylation is 2. The Morgan fingerprint density at radius 2 is 1.79 bits per heavy atom. The number of benzene rings is 2. The molecule has 0 aliphatic rings. The third-order valence-electron chi connectivity index (χ3n) is 4.02. The van der Waals surface area contributed by atoms with Crippen LogP contribution in [0.3, 0.4) is 0 Å². The fraction of sp³-hybridized carbons (Fsp3) is 0.263. The lowest BCUT2D eigenvalue weighted by Gasteiger charge is -2.10. The molecule has 0 aromatic heterocycles. The minimum Gasteiger partial charge on any atom is -0.496 e. The van der Waals surface area contributed by atoms with Crippen LogP contribution in [0.1, 0.15) is 21.5 Å². The van der Waals surface area contributed by atoms with E-state index < -0.39 is 40.7 Å². The molecule has 0 unspecified atom stereocenters. The number of sulfonamides is 1. The molecule has 0 heterocycles. The summed E-state index contributed by atoms with van der Waals surface area (Å²) in [5, 5.41) is 0. The van der Waals surface area contributed by atoms with Crippen LogP contribution < -0.4 is 9.46 Å². The number of ether oxygens (including phenoxy) is 2. The number of halogens is 1. The third-order valence-corrected chi connectivity index (χ3v) is 5.42. The Kier molecular flexibility index (Phi) is 6.87. The summed E-state index contributed by atoms with van der Waals surface area (Å²) in [7, 11) is -2.59. The van der Waals surface area contributed by atoms with Gasteiger partial charge in [-0.15, -0.1) is 0 Å². The Labute approximate surface area is 162 Å². The smallest absolute Gasteiger partial charge is 0.321 e. The SMILES string of the molecule is COc1ccc(F)cc1C(=O)COC(=O)CNS(=O)(=O)c1ccc(C)c(C)c1. The van der Waals surface area contributed by atoms with Crippen molar-refractivity contribution in [3.8, 4) is 5.75 Å². The van der Waals surface area contributed by atoms with Gasteiger partial charge in [-0.05, 0) is 55.3 Å². The standard InChI is InChI=1S/C19H20FNO6S/c1-12-4-6-15(8-13(12)2)28(24,25)21-10-19(23)27-11-17(22)16-9-14(20)5-7-18(16)26-3/h4-9,21H,10-11H2,1-3H3. The lowest BCUT2D eigenvalue weighted by molar-refractivity contribution is -0.141. The van der Waals surface area contributed by atoms with Crippen molar-refractivity contribution in [2.24, 2.45) is 0 Å². The molecule has 0 aliphatic heterocycles. The number of ketones is 1. The first-order valence-electron chi connectivity index (χ1n) is 8.23. The first-order valence-corrected chi connectivity index (χ1v) is 9.71. The zero-order chi connectivity index (χ0) is 20.9. The van der Waals surface area contributed by atoms with Crippen molar-refractivity contribution >= 4 is 21.8 Å². The summed E-state index contributed by atoms with van der Waals surface area (Å²) in [5.41, 5.74) is 1.65. The van der Waals surface area contributed by atoms with Crippen LogP contribution in [-0.2, 0) is 19.6 Å². The predicted molar refractivity (Wildman–Crippen MR) is 99.3 cm³/mol. The van der Waals surface area contributed by atoms with Gasteiger partial charge in [0.2, 0.25) is 15.8 Å². The van der Waals surface area contributed by atoms with E-state index in [-0.39, 0.29) is 16.2 Å². The molecule has 0 saturated heterocycles. The molecule has 2 aromatic carbocycles. The summed E-state index contributed by atoms with van der Waals surface area (Å²) in [6, 6.07) is 7.95. The maximum atomic E-state index is 13.3. The van der Waals surface area contributed by atoms with E-state index >= 15 is 0 Å². The zero-order valence-electron chi connectivity index (χ0n) is 15.6. The van der Waals surface area contributed by atoms with Gasteiger partial charge in [0.15, 0.2) is 6.61 Å². The molecule has 0 bridgehead atoms. The number of hydrogen-bond acceptors (Lipinski definition) is 6. The zero-order valence-corrected chi connectivity index (χ0v) is 16.4. The molecule has 0 atom stereocenters. The highest BCUT2D eigenvalue weighted by Gasteiger charge is 2.19. The second kappa shape index (κ2) is 8.94. The van der Waals surface area contributed by atoms with Crippen LogP contribution in [0.5, 0.6) is 5.75 Å². The van der Waals surface area contributed by atoms with Crippen molar-refractivity contribution in [3.05, 3.63) is 58.9 Å². The quantitative estimate of drug-likeness (QED) is 0.530. The minimum absolute atomic E-state index is 0.0176. The lowest BCUT2D eigenvalue weighted by Crippen LogP contribution is -2.31. The summed E-state index contributed by atoms with van der Waals surface area (Å²) in [6.07, 6.45) is 0. The number of nitrogens with one attached hydrogen (secondary N) is 1. The average molecular weight is 409 g/mol. The van der Waals surface area contributed by atoms with Crippen LogP contribution in [0.15, 0.2) is 41.3 Å². The highest BCUT2D eigenvalue weighted by molar-refractivity contribution is 7.89. The molecule has 0 saturated carbocycles. The van der Waals surface area contributed by atoms with Crippen LogP contribution >= 0.6 is 0 Å². The maximum Gasteiger partial charge on any atom is 0.321 e. The molecule has 0 amide bonds. The second-order valence-corrected chi connectivity index (χ2v) is 7.77. The number of methoxy groups -OCH3 is 1. The molecular weight excluding hydrogens is 389 g/mol. The van der Waals surface area contributed by atoms with Gasteiger partial charge in [0.1, 0.15) is 18.1 Å². The average Bonchev–Trinajstić information content (AvgIpc) is 2.66. The van der Waals surface area contributed by atoms with Crippen LogP contribution in [0.2, 0.25) is 0 Å². The van der Waals surface area contributed by atoms with E-state index in [4.69, 9.17) is 9.47 Å². The first-order chi connectivity index (χ1) is 13.1. The van der Waals surface area contributed by atoms with Gasteiger partial charge in [-0.1, -0.05) is 6.07 Å². The van der Waals surface area contributed by atoms with Crippen molar-refractivity contribution < 1.29 is 31.9 Å². The number of esters is 1. The molecule has 7 nitrogen and oxygen atoms in total. The summed E-state index contributed by atoms with van der Waals surface area (Å²) in [4.78, 5) is 23.9. The van der Waals surface area contributed by atoms with Crippen molar-refractivity contribution in [3.63, 3.8) is 0 Å². The van der Waals surface area contributed by atoms with Crippen molar-refractivity contribution in [2.75, 3.05) is 20.3 Å². The number of hydrogen-bond donors (Lipinski definition) is 1. The van der Waals surface area contributed by atoms with E-state index in [9.17, 15) is 22.4 Å². The van der Waals surface area contributed by atoms with E-state index in [2.05, 4.69) is 4.72 Å². The van der Waals surface area contributed by atoms with E-state index in [1.165, 1.54) is 25.3 Å². The summed E-state index contributed by atoms with van der Waals surface area (Å²) in [6.45, 7) is 2.29. The largest absolute Gasteiger partial charge is 0.496 e. The van der Waals surface area contributed by atoms with Crippen LogP contribution in [0.25, 0.3) is 0 Å². The Morgan fingerprint density at radius 1 is 1.07 bits per heavy atom. The highest BCUT2D eigenvalue weighted by Crippen LogP contribution is 2.20. The molecule has 28 heavy (non-hydrogen) atoms. The van der Waals surface area contributed by atoms with Crippen LogP contribution in [0, 0.1) is 19.7 Å². The summed E-state index contributed by atoms with van der Waals surface area (Å²) in [5.74, 6) is -2.13. The third kappa shape index (κ3) is 5.37. The second-order valence-electron chi connectivity index (χ2n) is 6.00. The molecule has 0 radical (unpaired) electrons. The van der Waals surface area contributed by atoms with Crippen molar-refractivity contribution in [2.45, 2.75) is 18.7 Å². The van der Waals surface area contributed by atoms with E-state index in [0.717, 1.165) is 23.3 Å². The highest BCUT2D eigenvalue weighted by atomic mass is 32.2. The van der Waals surface area contributed by atoms with Gasteiger partial charge >= 0.3 is 5.97 Å². The monoisotopic (exact) mass is 409 g/mol. The van der Waals surface area contributed by atoms with Gasteiger partial charge in [-0.2, -0.15) is 4.72 Å². The molecule has 0 spiro atoms. The summed E-state index contributed by atoms with van der Waals surface area (Å²) >= 11 is 0. The molecule has 0 fully saturated rings. The van der Waals surface area contributed by atoms with Crippen LogP contribution in [0.4, 0.5) is 4.39 Å².